The van der Waals surface area contributed by atoms with E-state index < -0.39 is 0 Å². The van der Waals surface area contributed by atoms with Crippen molar-refractivity contribution in [1.29, 1.82) is 0 Å². The highest BCUT2D eigenvalue weighted by molar-refractivity contribution is 5.85. The molecule has 0 radical (unpaired) electrons. The molecule has 176 valence electrons. The maximum Gasteiger partial charge on any atom is 0.188 e. The predicted octanol–water partition coefficient (Wildman–Crippen LogP) is 4.42. The molecule has 0 amide bonds. The summed E-state index contributed by atoms with van der Waals surface area (Å²) in [5.74, 6) is 2.05. The number of piperidine rings is 2. The lowest BCUT2D eigenvalue weighted by Gasteiger charge is -2.45. The topological polar surface area (TPSA) is 74.3 Å². The second-order valence-electron chi connectivity index (χ2n) is 8.57. The second-order valence-corrected chi connectivity index (χ2v) is 8.57. The second kappa shape index (κ2) is 10.4. The van der Waals surface area contributed by atoms with Gasteiger partial charge < -0.3 is 18.9 Å². The quantitative estimate of drug-likeness (QED) is 0.433. The van der Waals surface area contributed by atoms with E-state index in [-0.39, 0.29) is 24.7 Å². The molecule has 7 heteroatoms. The van der Waals surface area contributed by atoms with Gasteiger partial charge in [-0.1, -0.05) is 6.42 Å². The van der Waals surface area contributed by atoms with E-state index in [9.17, 15) is 9.59 Å². The molecule has 0 saturated carbocycles. The van der Waals surface area contributed by atoms with E-state index in [2.05, 4.69) is 4.90 Å². The van der Waals surface area contributed by atoms with E-state index in [1.165, 1.54) is 0 Å². The number of hydrogen-bond acceptors (Lipinski definition) is 7. The lowest BCUT2D eigenvalue weighted by Crippen LogP contribution is -2.47. The Kier molecular flexibility index (Phi) is 7.30. The Morgan fingerprint density at radius 2 is 1.76 bits per heavy atom. The van der Waals surface area contributed by atoms with Crippen LogP contribution in [0.1, 0.15) is 54.1 Å². The van der Waals surface area contributed by atoms with Crippen molar-refractivity contribution in [3.05, 3.63) is 41.5 Å². The molecule has 2 aliphatic rings. The van der Waals surface area contributed by atoms with Crippen LogP contribution < -0.4 is 14.2 Å². The first-order chi connectivity index (χ1) is 16.1. The molecule has 0 bridgehead atoms. The highest BCUT2D eigenvalue weighted by Crippen LogP contribution is 2.46. The molecule has 2 aromatic rings. The van der Waals surface area contributed by atoms with Crippen LogP contribution in [0.2, 0.25) is 0 Å². The molecule has 2 aliphatic heterocycles. The third-order valence-electron chi connectivity index (χ3n) is 6.63. The number of benzene rings is 2. The number of rotatable bonds is 8. The van der Waals surface area contributed by atoms with Gasteiger partial charge in [-0.3, -0.25) is 14.5 Å². The average molecular weight is 454 g/mol. The third kappa shape index (κ3) is 4.75. The number of Topliss-reactive ketones (excluding diaryl/α,β-unsaturated/α-hetero) is 1. The van der Waals surface area contributed by atoms with Gasteiger partial charge in [-0.25, -0.2) is 0 Å². The van der Waals surface area contributed by atoms with Crippen LogP contribution in [0.3, 0.4) is 0 Å². The summed E-state index contributed by atoms with van der Waals surface area (Å²) in [5.41, 5.74) is 3.11. The molecular weight excluding hydrogens is 422 g/mol. The summed E-state index contributed by atoms with van der Waals surface area (Å²) >= 11 is 0. The van der Waals surface area contributed by atoms with Crippen molar-refractivity contribution in [2.24, 2.45) is 0 Å². The van der Waals surface area contributed by atoms with Crippen molar-refractivity contribution < 1.29 is 28.5 Å². The van der Waals surface area contributed by atoms with Gasteiger partial charge in [0.15, 0.2) is 18.3 Å². The Hall–Kier alpha value is -2.90. The van der Waals surface area contributed by atoms with E-state index in [0.29, 0.717) is 35.7 Å². The molecule has 7 nitrogen and oxygen atoms in total. The number of ketones is 1. The minimum atomic E-state index is -0.0819. The summed E-state index contributed by atoms with van der Waals surface area (Å²) in [6, 6.07) is 9.35. The monoisotopic (exact) mass is 453 g/mol. The van der Waals surface area contributed by atoms with Gasteiger partial charge in [0, 0.05) is 43.2 Å². The number of methoxy groups -OCH3 is 3. The Balaban J connectivity index is 1.91. The van der Waals surface area contributed by atoms with Crippen molar-refractivity contribution in [3.63, 3.8) is 0 Å². The fourth-order valence-corrected chi connectivity index (χ4v) is 5.10. The smallest absolute Gasteiger partial charge is 0.188 e. The molecule has 2 atom stereocenters. The fourth-order valence-electron chi connectivity index (χ4n) is 5.10. The molecule has 0 aliphatic carbocycles. The van der Waals surface area contributed by atoms with Crippen molar-refractivity contribution >= 4 is 12.1 Å². The number of ether oxygens (including phenoxy) is 4. The van der Waals surface area contributed by atoms with Crippen molar-refractivity contribution in [1.82, 2.24) is 4.90 Å². The molecule has 0 N–H and O–H groups in total. The van der Waals surface area contributed by atoms with Crippen LogP contribution in [0.4, 0.5) is 0 Å². The minimum absolute atomic E-state index is 0.0756. The van der Waals surface area contributed by atoms with E-state index >= 15 is 0 Å². The maximum atomic E-state index is 12.8. The van der Waals surface area contributed by atoms with Crippen LogP contribution in [-0.2, 0) is 9.53 Å². The van der Waals surface area contributed by atoms with E-state index in [1.54, 1.807) is 39.5 Å². The lowest BCUT2D eigenvalue weighted by atomic mass is 9.82. The zero-order valence-corrected chi connectivity index (χ0v) is 19.5. The van der Waals surface area contributed by atoms with Crippen molar-refractivity contribution in [3.8, 4) is 28.4 Å². The molecule has 4 rings (SSSR count). The highest BCUT2D eigenvalue weighted by atomic mass is 16.7. The first kappa shape index (κ1) is 23.3. The Bertz CT molecular complexity index is 1020. The van der Waals surface area contributed by atoms with E-state index in [4.69, 9.17) is 18.9 Å². The number of carbonyl (C=O) groups is 2. The maximum absolute atomic E-state index is 12.8. The normalized spacial score (nSPS) is 20.8. The first-order valence-corrected chi connectivity index (χ1v) is 11.3. The summed E-state index contributed by atoms with van der Waals surface area (Å²) in [7, 11) is 4.76. The lowest BCUT2D eigenvalue weighted by molar-refractivity contribution is -0.126. The van der Waals surface area contributed by atoms with Gasteiger partial charge in [-0.15, -0.1) is 0 Å². The molecule has 2 saturated heterocycles. The van der Waals surface area contributed by atoms with Gasteiger partial charge in [0.2, 0.25) is 0 Å². The Morgan fingerprint density at radius 1 is 0.970 bits per heavy atom. The van der Waals surface area contributed by atoms with Crippen LogP contribution in [0.25, 0.3) is 11.1 Å². The van der Waals surface area contributed by atoms with Crippen molar-refractivity contribution in [2.45, 2.75) is 44.2 Å². The minimum Gasteiger partial charge on any atom is -0.493 e. The summed E-state index contributed by atoms with van der Waals surface area (Å²) in [6.07, 6.45) is 5.17. The van der Waals surface area contributed by atoms with Gasteiger partial charge >= 0.3 is 0 Å². The van der Waals surface area contributed by atoms with Crippen LogP contribution in [0.5, 0.6) is 17.2 Å². The summed E-state index contributed by atoms with van der Waals surface area (Å²) < 4.78 is 22.2. The summed E-state index contributed by atoms with van der Waals surface area (Å²) in [6.45, 7) is 1.03. The first-order valence-electron chi connectivity index (χ1n) is 11.3. The van der Waals surface area contributed by atoms with Crippen molar-refractivity contribution in [2.75, 3.05) is 34.7 Å². The SMILES string of the molecule is COCOc1ccc(C=O)cc1-c1cc(OC)c(OC)cc1[C@@H]1CC(=O)C[C@H]2CCCCN21. The van der Waals surface area contributed by atoms with E-state index in [0.717, 1.165) is 48.8 Å². The standard InChI is InChI=1S/C26H31NO6/c1-30-16-33-24-8-7-17(15-28)10-22(24)20-13-25(31-2)26(32-3)14-21(20)23-12-19(29)11-18-6-4-5-9-27(18)23/h7-8,10,13-15,18,23H,4-6,9,11-12,16H2,1-3H3/t18-,23+/m1/s1. The molecule has 33 heavy (non-hydrogen) atoms. The molecular formula is C26H31NO6. The average Bonchev–Trinajstić information content (AvgIpc) is 2.86. The molecule has 2 fully saturated rings. The van der Waals surface area contributed by atoms with Crippen LogP contribution in [0.15, 0.2) is 30.3 Å². The van der Waals surface area contributed by atoms with Crippen LogP contribution in [0, 0.1) is 0 Å². The van der Waals surface area contributed by atoms with Gasteiger partial charge in [0.05, 0.1) is 14.2 Å². The highest BCUT2D eigenvalue weighted by Gasteiger charge is 2.38. The number of nitrogens with zero attached hydrogens (tertiary/aromatic N) is 1. The molecule has 2 aromatic carbocycles. The number of carbonyl (C=O) groups excluding carboxylic acids is 2. The van der Waals surface area contributed by atoms with Gasteiger partial charge in [-0.2, -0.15) is 0 Å². The molecule has 2 heterocycles. The Morgan fingerprint density at radius 3 is 2.48 bits per heavy atom. The third-order valence-corrected chi connectivity index (χ3v) is 6.63. The van der Waals surface area contributed by atoms with Crippen LogP contribution in [-0.4, -0.2) is 57.7 Å². The number of hydrogen-bond donors (Lipinski definition) is 0. The van der Waals surface area contributed by atoms with Crippen LogP contribution >= 0.6 is 0 Å². The zero-order chi connectivity index (χ0) is 23.4. The predicted molar refractivity (Wildman–Crippen MR) is 124 cm³/mol. The van der Waals surface area contributed by atoms with Gasteiger partial charge in [0.1, 0.15) is 17.8 Å². The number of aldehydes is 1. The Labute approximate surface area is 194 Å². The van der Waals surface area contributed by atoms with Gasteiger partial charge in [-0.05, 0) is 60.8 Å². The zero-order valence-electron chi connectivity index (χ0n) is 19.5. The molecule has 0 unspecified atom stereocenters. The summed E-state index contributed by atoms with van der Waals surface area (Å²) in [5, 5.41) is 0. The number of fused-ring (bicyclic) bond motifs is 1. The fraction of sp³-hybridized carbons (Fsp3) is 0.462. The molecule has 0 spiro atoms. The summed E-state index contributed by atoms with van der Waals surface area (Å²) in [4.78, 5) is 26.8. The largest absolute Gasteiger partial charge is 0.493 e. The van der Waals surface area contributed by atoms with Gasteiger partial charge in [0.25, 0.3) is 0 Å². The van der Waals surface area contributed by atoms with E-state index in [1.807, 2.05) is 12.1 Å². The molecule has 0 aromatic heterocycles.